The van der Waals surface area contributed by atoms with Crippen LogP contribution < -0.4 is 9.64 Å². The Morgan fingerprint density at radius 3 is 3.06 bits per heavy atom. The minimum atomic E-state index is -0.969. The predicted molar refractivity (Wildman–Crippen MR) is 62.6 cm³/mol. The van der Waals surface area contributed by atoms with E-state index in [-0.39, 0.29) is 13.0 Å². The first-order chi connectivity index (χ1) is 8.61. The molecule has 1 aromatic heterocycles. The lowest BCUT2D eigenvalue weighted by molar-refractivity contribution is -0.138. The minimum absolute atomic E-state index is 0.198. The number of carbonyl (C=O) groups is 1. The van der Waals surface area contributed by atoms with Crippen molar-refractivity contribution in [3.63, 3.8) is 0 Å². The molecule has 98 valence electrons. The van der Waals surface area contributed by atoms with Crippen molar-refractivity contribution in [3.8, 4) is 5.88 Å². The first-order valence-electron chi connectivity index (χ1n) is 5.74. The van der Waals surface area contributed by atoms with E-state index in [4.69, 9.17) is 9.84 Å². The van der Waals surface area contributed by atoms with Gasteiger partial charge in [-0.1, -0.05) is 0 Å². The lowest BCUT2D eigenvalue weighted by Crippen LogP contribution is -2.36. The number of aliphatic hydroxyl groups excluding tert-OH is 1. The third kappa shape index (κ3) is 2.51. The number of hydrogen-bond acceptors (Lipinski definition) is 6. The van der Waals surface area contributed by atoms with Gasteiger partial charge in [0.25, 0.3) is 0 Å². The molecule has 7 heteroatoms. The molecule has 0 saturated carbocycles. The van der Waals surface area contributed by atoms with Crippen LogP contribution in [0.3, 0.4) is 0 Å². The Kier molecular flexibility index (Phi) is 3.61. The third-order valence-corrected chi connectivity index (χ3v) is 2.78. The predicted octanol–water partition coefficient (Wildman–Crippen LogP) is -0.101. The summed E-state index contributed by atoms with van der Waals surface area (Å²) >= 11 is 0. The molecule has 2 unspecified atom stereocenters. The summed E-state index contributed by atoms with van der Waals surface area (Å²) in [6.45, 7) is 2.56. The van der Waals surface area contributed by atoms with Gasteiger partial charge < -0.3 is 19.8 Å². The molecule has 1 aliphatic rings. The quantitative estimate of drug-likeness (QED) is 0.773. The van der Waals surface area contributed by atoms with E-state index in [0.29, 0.717) is 18.3 Å². The SMILES string of the molecule is CCOc1cc(N2CC(O)CC2C(=O)O)ncn1. The van der Waals surface area contributed by atoms with E-state index in [1.165, 1.54) is 6.33 Å². The van der Waals surface area contributed by atoms with Crippen molar-refractivity contribution in [2.45, 2.75) is 25.5 Å². The third-order valence-electron chi connectivity index (χ3n) is 2.78. The van der Waals surface area contributed by atoms with Crippen LogP contribution in [0, 0.1) is 0 Å². The normalized spacial score (nSPS) is 23.1. The van der Waals surface area contributed by atoms with E-state index >= 15 is 0 Å². The first-order valence-corrected chi connectivity index (χ1v) is 5.74. The van der Waals surface area contributed by atoms with Crippen LogP contribution >= 0.6 is 0 Å². The molecule has 1 saturated heterocycles. The first kappa shape index (κ1) is 12.6. The van der Waals surface area contributed by atoms with Gasteiger partial charge in [-0.15, -0.1) is 0 Å². The van der Waals surface area contributed by atoms with Crippen molar-refractivity contribution in [2.75, 3.05) is 18.1 Å². The summed E-state index contributed by atoms with van der Waals surface area (Å²) in [6, 6.07) is 0.821. The Morgan fingerprint density at radius 1 is 1.61 bits per heavy atom. The molecule has 7 nitrogen and oxygen atoms in total. The number of carboxylic acids is 1. The number of anilines is 1. The van der Waals surface area contributed by atoms with E-state index < -0.39 is 18.1 Å². The summed E-state index contributed by atoms with van der Waals surface area (Å²) in [5, 5.41) is 18.7. The number of aliphatic hydroxyl groups is 1. The lowest BCUT2D eigenvalue weighted by atomic mass is 10.2. The fourth-order valence-electron chi connectivity index (χ4n) is 2.01. The summed E-state index contributed by atoms with van der Waals surface area (Å²) in [6.07, 6.45) is 0.865. The summed E-state index contributed by atoms with van der Waals surface area (Å²) in [5.41, 5.74) is 0. The van der Waals surface area contributed by atoms with E-state index in [9.17, 15) is 9.90 Å². The molecule has 1 aliphatic heterocycles. The van der Waals surface area contributed by atoms with Crippen LogP contribution in [0.1, 0.15) is 13.3 Å². The molecule has 2 atom stereocenters. The van der Waals surface area contributed by atoms with Gasteiger partial charge in [0.1, 0.15) is 18.2 Å². The molecule has 0 spiro atoms. The van der Waals surface area contributed by atoms with Gasteiger partial charge in [0.2, 0.25) is 5.88 Å². The molecular weight excluding hydrogens is 238 g/mol. The number of carboxylic acid groups (broad SMARTS) is 1. The van der Waals surface area contributed by atoms with Crippen molar-refractivity contribution in [1.29, 1.82) is 0 Å². The standard InChI is InChI=1S/C11H15N3O4/c1-2-18-10-4-9(12-6-13-10)14-5-7(15)3-8(14)11(16)17/h4,6-8,15H,2-3,5H2,1H3,(H,16,17). The maximum absolute atomic E-state index is 11.1. The molecule has 0 amide bonds. The van der Waals surface area contributed by atoms with E-state index in [1.54, 1.807) is 11.0 Å². The van der Waals surface area contributed by atoms with Crippen LogP contribution in [0.25, 0.3) is 0 Å². The molecule has 0 radical (unpaired) electrons. The second-order valence-electron chi connectivity index (χ2n) is 4.04. The highest BCUT2D eigenvalue weighted by Crippen LogP contribution is 2.25. The fourth-order valence-corrected chi connectivity index (χ4v) is 2.01. The van der Waals surface area contributed by atoms with Crippen LogP contribution in [-0.4, -0.2) is 51.4 Å². The van der Waals surface area contributed by atoms with Crippen molar-refractivity contribution in [1.82, 2.24) is 9.97 Å². The number of aromatic nitrogens is 2. The smallest absolute Gasteiger partial charge is 0.326 e. The van der Waals surface area contributed by atoms with Crippen molar-refractivity contribution < 1.29 is 19.7 Å². The number of ether oxygens (including phenoxy) is 1. The van der Waals surface area contributed by atoms with Crippen molar-refractivity contribution in [2.24, 2.45) is 0 Å². The molecular formula is C11H15N3O4. The van der Waals surface area contributed by atoms with Crippen LogP contribution in [0.5, 0.6) is 5.88 Å². The average molecular weight is 253 g/mol. The summed E-state index contributed by atoms with van der Waals surface area (Å²) in [5.74, 6) is -0.117. The van der Waals surface area contributed by atoms with Crippen LogP contribution in [0.2, 0.25) is 0 Å². The number of aliphatic carboxylic acids is 1. The highest BCUT2D eigenvalue weighted by atomic mass is 16.5. The van der Waals surface area contributed by atoms with Gasteiger partial charge in [-0.05, 0) is 6.92 Å². The Bertz CT molecular complexity index is 440. The maximum atomic E-state index is 11.1. The average Bonchev–Trinajstić information content (AvgIpc) is 2.72. The zero-order valence-corrected chi connectivity index (χ0v) is 9.98. The Morgan fingerprint density at radius 2 is 2.39 bits per heavy atom. The van der Waals surface area contributed by atoms with Crippen molar-refractivity contribution in [3.05, 3.63) is 12.4 Å². The highest BCUT2D eigenvalue weighted by Gasteiger charge is 2.36. The molecule has 1 fully saturated rings. The van der Waals surface area contributed by atoms with E-state index in [2.05, 4.69) is 9.97 Å². The zero-order chi connectivity index (χ0) is 13.1. The highest BCUT2D eigenvalue weighted by molar-refractivity contribution is 5.78. The Hall–Kier alpha value is -1.89. The summed E-state index contributed by atoms with van der Waals surface area (Å²) < 4.78 is 5.24. The van der Waals surface area contributed by atoms with Crippen LogP contribution in [0.15, 0.2) is 12.4 Å². The molecule has 2 heterocycles. The second kappa shape index (κ2) is 5.18. The topological polar surface area (TPSA) is 95.8 Å². The van der Waals surface area contributed by atoms with E-state index in [1.807, 2.05) is 6.92 Å². The Labute approximate surface area is 104 Å². The Balaban J connectivity index is 2.24. The minimum Gasteiger partial charge on any atom is -0.480 e. The fraction of sp³-hybridized carbons (Fsp3) is 0.545. The second-order valence-corrected chi connectivity index (χ2v) is 4.04. The number of hydrogen-bond donors (Lipinski definition) is 2. The van der Waals surface area contributed by atoms with Gasteiger partial charge >= 0.3 is 5.97 Å². The maximum Gasteiger partial charge on any atom is 0.326 e. The van der Waals surface area contributed by atoms with Gasteiger partial charge in [-0.3, -0.25) is 0 Å². The molecule has 1 aromatic rings. The molecule has 0 aliphatic carbocycles. The largest absolute Gasteiger partial charge is 0.480 e. The van der Waals surface area contributed by atoms with Gasteiger partial charge in [-0.25, -0.2) is 14.8 Å². The van der Waals surface area contributed by atoms with Gasteiger partial charge in [0.05, 0.1) is 12.7 Å². The van der Waals surface area contributed by atoms with E-state index in [0.717, 1.165) is 0 Å². The molecule has 0 bridgehead atoms. The summed E-state index contributed by atoms with van der Waals surface area (Å²) in [7, 11) is 0. The van der Waals surface area contributed by atoms with Gasteiger partial charge in [0.15, 0.2) is 0 Å². The van der Waals surface area contributed by atoms with Gasteiger partial charge in [-0.2, -0.15) is 0 Å². The molecule has 18 heavy (non-hydrogen) atoms. The number of β-amino-alcohol motifs (C(OH)–C–C–N with tert-alkyl or cyclic N) is 1. The zero-order valence-electron chi connectivity index (χ0n) is 9.98. The molecule has 0 aromatic carbocycles. The molecule has 2 N–H and O–H groups in total. The summed E-state index contributed by atoms with van der Waals surface area (Å²) in [4.78, 5) is 20.6. The lowest BCUT2D eigenvalue weighted by Gasteiger charge is -2.22. The van der Waals surface area contributed by atoms with Gasteiger partial charge in [0, 0.05) is 19.0 Å². The van der Waals surface area contributed by atoms with Crippen LogP contribution in [-0.2, 0) is 4.79 Å². The monoisotopic (exact) mass is 253 g/mol. The van der Waals surface area contributed by atoms with Crippen LogP contribution in [0.4, 0.5) is 5.82 Å². The number of rotatable bonds is 4. The molecule has 2 rings (SSSR count). The van der Waals surface area contributed by atoms with Crippen molar-refractivity contribution >= 4 is 11.8 Å². The number of nitrogens with zero attached hydrogens (tertiary/aromatic N) is 3.